The second-order valence-electron chi connectivity index (χ2n) is 6.39. The van der Waals surface area contributed by atoms with Crippen molar-refractivity contribution < 1.29 is 5.11 Å². The minimum atomic E-state index is -0.281. The summed E-state index contributed by atoms with van der Waals surface area (Å²) in [6.45, 7) is 3.38. The van der Waals surface area contributed by atoms with Crippen molar-refractivity contribution >= 4 is 0 Å². The van der Waals surface area contributed by atoms with Gasteiger partial charge in [0.05, 0.1) is 5.69 Å². The first-order valence-corrected chi connectivity index (χ1v) is 8.07. The molecule has 2 heterocycles. The molecule has 122 valence electrons. The summed E-state index contributed by atoms with van der Waals surface area (Å²) in [5.74, 6) is -0.0988. The van der Waals surface area contributed by atoms with Gasteiger partial charge in [0.15, 0.2) is 5.75 Å². The number of likely N-dealkylation sites (N-methyl/N-ethyl adjacent to an activating group) is 1. The maximum atomic E-state index is 11.9. The Morgan fingerprint density at radius 2 is 2.04 bits per heavy atom. The molecule has 23 heavy (non-hydrogen) atoms. The highest BCUT2D eigenvalue weighted by Gasteiger charge is 2.28. The van der Waals surface area contributed by atoms with Crippen LogP contribution in [0, 0.1) is 6.92 Å². The van der Waals surface area contributed by atoms with Crippen molar-refractivity contribution in [1.82, 2.24) is 14.5 Å². The molecule has 0 bridgehead atoms. The number of rotatable bonds is 6. The number of aromatic hydroxyl groups is 1. The highest BCUT2D eigenvalue weighted by atomic mass is 16.3. The molecule has 5 heteroatoms. The molecule has 1 aliphatic rings. The summed E-state index contributed by atoms with van der Waals surface area (Å²) >= 11 is 0. The zero-order valence-corrected chi connectivity index (χ0v) is 13.7. The third-order valence-electron chi connectivity index (χ3n) is 4.38. The lowest BCUT2D eigenvalue weighted by Gasteiger charge is -2.22. The van der Waals surface area contributed by atoms with Gasteiger partial charge in [-0.3, -0.25) is 9.78 Å². The Bertz CT molecular complexity index is 736. The molecule has 0 unspecified atom stereocenters. The summed E-state index contributed by atoms with van der Waals surface area (Å²) in [7, 11) is 2.02. The third kappa shape index (κ3) is 3.62. The monoisotopic (exact) mass is 313 g/mol. The molecule has 2 aromatic heterocycles. The number of nitrogens with zero attached hydrogens (tertiary/aromatic N) is 3. The summed E-state index contributed by atoms with van der Waals surface area (Å²) < 4.78 is 2.14. The van der Waals surface area contributed by atoms with Crippen LogP contribution in [-0.4, -0.2) is 33.1 Å². The van der Waals surface area contributed by atoms with E-state index < -0.39 is 0 Å². The fourth-order valence-corrected chi connectivity index (χ4v) is 2.99. The Hall–Kier alpha value is -2.14. The Kier molecular flexibility index (Phi) is 4.48. The van der Waals surface area contributed by atoms with Gasteiger partial charge in [-0.2, -0.15) is 0 Å². The number of hydrogen-bond acceptors (Lipinski definition) is 4. The molecular formula is C18H23N3O2. The van der Waals surface area contributed by atoms with Crippen LogP contribution in [0.1, 0.15) is 35.8 Å². The molecule has 0 radical (unpaired) electrons. The van der Waals surface area contributed by atoms with E-state index in [1.54, 1.807) is 12.4 Å². The second-order valence-corrected chi connectivity index (χ2v) is 6.39. The van der Waals surface area contributed by atoms with Crippen molar-refractivity contribution in [2.75, 3.05) is 13.6 Å². The first kappa shape index (κ1) is 15.7. The fourth-order valence-electron chi connectivity index (χ4n) is 2.99. The SMILES string of the molecule is Cc1cc(=O)c(O)c(CN(C)CCc2ccncc2)n1C1CC1. The van der Waals surface area contributed by atoms with Crippen molar-refractivity contribution in [3.8, 4) is 5.75 Å². The van der Waals surface area contributed by atoms with Crippen molar-refractivity contribution in [3.63, 3.8) is 0 Å². The van der Waals surface area contributed by atoms with Gasteiger partial charge < -0.3 is 14.6 Å². The zero-order chi connectivity index (χ0) is 16.4. The third-order valence-corrected chi connectivity index (χ3v) is 4.38. The first-order valence-electron chi connectivity index (χ1n) is 8.07. The van der Waals surface area contributed by atoms with Crippen LogP contribution in [0.15, 0.2) is 35.4 Å². The van der Waals surface area contributed by atoms with Gasteiger partial charge in [-0.05, 0) is 50.9 Å². The molecule has 1 saturated carbocycles. The van der Waals surface area contributed by atoms with Crippen molar-refractivity contribution in [1.29, 1.82) is 0 Å². The lowest BCUT2D eigenvalue weighted by Crippen LogP contribution is -2.25. The molecule has 0 aromatic carbocycles. The van der Waals surface area contributed by atoms with E-state index in [9.17, 15) is 9.90 Å². The van der Waals surface area contributed by atoms with E-state index in [2.05, 4.69) is 14.5 Å². The lowest BCUT2D eigenvalue weighted by molar-refractivity contribution is 0.309. The molecule has 3 rings (SSSR count). The van der Waals surface area contributed by atoms with Gasteiger partial charge in [0, 0.05) is 43.3 Å². The molecule has 1 aliphatic carbocycles. The van der Waals surface area contributed by atoms with Crippen LogP contribution >= 0.6 is 0 Å². The number of aryl methyl sites for hydroxylation is 1. The van der Waals surface area contributed by atoms with Crippen LogP contribution in [0.3, 0.4) is 0 Å². The minimum Gasteiger partial charge on any atom is -0.503 e. The van der Waals surface area contributed by atoms with Crippen LogP contribution in [0.2, 0.25) is 0 Å². The number of aromatic nitrogens is 2. The molecule has 0 atom stereocenters. The van der Waals surface area contributed by atoms with Gasteiger partial charge in [0.1, 0.15) is 0 Å². The summed E-state index contributed by atoms with van der Waals surface area (Å²) in [6, 6.07) is 6.00. The molecule has 0 amide bonds. The van der Waals surface area contributed by atoms with E-state index in [0.29, 0.717) is 12.6 Å². The van der Waals surface area contributed by atoms with E-state index >= 15 is 0 Å². The van der Waals surface area contributed by atoms with E-state index in [-0.39, 0.29) is 11.2 Å². The topological polar surface area (TPSA) is 58.4 Å². The quantitative estimate of drug-likeness (QED) is 0.889. The Morgan fingerprint density at radius 3 is 2.70 bits per heavy atom. The predicted octanol–water partition coefficient (Wildman–Crippen LogP) is 2.27. The van der Waals surface area contributed by atoms with Crippen LogP contribution in [0.25, 0.3) is 0 Å². The van der Waals surface area contributed by atoms with Gasteiger partial charge in [-0.15, -0.1) is 0 Å². The van der Waals surface area contributed by atoms with Gasteiger partial charge in [-0.1, -0.05) is 0 Å². The Labute approximate surface area is 136 Å². The van der Waals surface area contributed by atoms with Crippen LogP contribution in [0.5, 0.6) is 5.75 Å². The smallest absolute Gasteiger partial charge is 0.223 e. The molecule has 5 nitrogen and oxygen atoms in total. The fraction of sp³-hybridized carbons (Fsp3) is 0.444. The van der Waals surface area contributed by atoms with Crippen molar-refractivity contribution in [2.24, 2.45) is 0 Å². The summed E-state index contributed by atoms with van der Waals surface area (Å²) in [5.41, 5.74) is 2.64. The van der Waals surface area contributed by atoms with Crippen molar-refractivity contribution in [2.45, 2.75) is 38.8 Å². The molecule has 0 saturated heterocycles. The zero-order valence-electron chi connectivity index (χ0n) is 13.7. The molecule has 2 aromatic rings. The van der Waals surface area contributed by atoms with Crippen molar-refractivity contribution in [3.05, 3.63) is 57.8 Å². The van der Waals surface area contributed by atoms with Gasteiger partial charge >= 0.3 is 0 Å². The second kappa shape index (κ2) is 6.54. The average Bonchev–Trinajstić information content (AvgIpc) is 3.36. The average molecular weight is 313 g/mol. The van der Waals surface area contributed by atoms with Gasteiger partial charge in [0.25, 0.3) is 0 Å². The van der Waals surface area contributed by atoms with E-state index in [1.165, 1.54) is 11.6 Å². The van der Waals surface area contributed by atoms with E-state index in [0.717, 1.165) is 37.2 Å². The highest BCUT2D eigenvalue weighted by Crippen LogP contribution is 2.38. The highest BCUT2D eigenvalue weighted by molar-refractivity contribution is 5.31. The lowest BCUT2D eigenvalue weighted by atomic mass is 10.2. The maximum Gasteiger partial charge on any atom is 0.223 e. The molecule has 1 fully saturated rings. The summed E-state index contributed by atoms with van der Waals surface area (Å²) in [6.07, 6.45) is 6.76. The normalized spacial score (nSPS) is 14.4. The molecule has 1 N–H and O–H groups in total. The summed E-state index contributed by atoms with van der Waals surface area (Å²) in [5, 5.41) is 10.2. The Morgan fingerprint density at radius 1 is 1.35 bits per heavy atom. The van der Waals surface area contributed by atoms with Crippen LogP contribution in [-0.2, 0) is 13.0 Å². The van der Waals surface area contributed by atoms with Gasteiger partial charge in [-0.25, -0.2) is 0 Å². The summed E-state index contributed by atoms with van der Waals surface area (Å²) in [4.78, 5) is 18.1. The number of hydrogen-bond donors (Lipinski definition) is 1. The first-order chi connectivity index (χ1) is 11.1. The minimum absolute atomic E-state index is 0.0988. The molecule has 0 aliphatic heterocycles. The Balaban J connectivity index is 1.75. The maximum absolute atomic E-state index is 11.9. The van der Waals surface area contributed by atoms with Crippen LogP contribution < -0.4 is 5.43 Å². The number of pyridine rings is 2. The largest absolute Gasteiger partial charge is 0.503 e. The molecule has 0 spiro atoms. The van der Waals surface area contributed by atoms with Crippen LogP contribution in [0.4, 0.5) is 0 Å². The van der Waals surface area contributed by atoms with Gasteiger partial charge in [0.2, 0.25) is 5.43 Å². The standard InChI is InChI=1S/C18H23N3O2/c1-13-11-17(22)18(23)16(21(13)15-3-4-15)12-20(2)10-7-14-5-8-19-9-6-14/h5-6,8-9,11,15,23H,3-4,7,10,12H2,1-2H3. The van der Waals surface area contributed by atoms with E-state index in [4.69, 9.17) is 0 Å². The predicted molar refractivity (Wildman–Crippen MR) is 89.6 cm³/mol. The van der Waals surface area contributed by atoms with E-state index in [1.807, 2.05) is 26.1 Å². The molecular weight excluding hydrogens is 290 g/mol.